The highest BCUT2D eigenvalue weighted by molar-refractivity contribution is 5.85. The lowest BCUT2D eigenvalue weighted by atomic mass is 10.0. The molecule has 0 amide bonds. The van der Waals surface area contributed by atoms with Crippen LogP contribution in [0.15, 0.2) is 42.5 Å². The summed E-state index contributed by atoms with van der Waals surface area (Å²) >= 11 is 0. The number of rotatable bonds is 3. The molecule has 3 nitrogen and oxygen atoms in total. The fourth-order valence-electron chi connectivity index (χ4n) is 3.29. The quantitative estimate of drug-likeness (QED) is 0.934. The minimum absolute atomic E-state index is 0.341. The molecule has 0 radical (unpaired) electrons. The lowest BCUT2D eigenvalue weighted by Gasteiger charge is -2.27. The van der Waals surface area contributed by atoms with Crippen LogP contribution in [0.1, 0.15) is 31.2 Å². The molecule has 21 heavy (non-hydrogen) atoms. The maximum Gasteiger partial charge on any atom is 0.320 e. The Balaban J connectivity index is 1.90. The first-order chi connectivity index (χ1) is 10.3. The summed E-state index contributed by atoms with van der Waals surface area (Å²) in [5, 5.41) is 11.9. The molecule has 0 saturated carbocycles. The molecule has 1 fully saturated rings. The van der Waals surface area contributed by atoms with E-state index in [-0.39, 0.29) is 6.04 Å². The third-order valence-electron chi connectivity index (χ3n) is 4.40. The van der Waals surface area contributed by atoms with E-state index >= 15 is 0 Å². The number of carboxylic acids is 1. The van der Waals surface area contributed by atoms with E-state index in [1.54, 1.807) is 0 Å². The predicted molar refractivity (Wildman–Crippen MR) is 84.2 cm³/mol. The molecule has 1 aliphatic rings. The normalized spacial score (nSPS) is 20.3. The van der Waals surface area contributed by atoms with Crippen molar-refractivity contribution in [1.29, 1.82) is 0 Å². The summed E-state index contributed by atoms with van der Waals surface area (Å²) in [5.74, 6) is -0.683. The van der Waals surface area contributed by atoms with Crippen LogP contribution in [0, 0.1) is 0 Å². The monoisotopic (exact) mass is 283 g/mol. The number of fused-ring (bicyclic) bond motifs is 1. The number of carboxylic acid groups (broad SMARTS) is 1. The summed E-state index contributed by atoms with van der Waals surface area (Å²) in [7, 11) is 0. The fourth-order valence-corrected chi connectivity index (χ4v) is 3.29. The maximum atomic E-state index is 11.5. The largest absolute Gasteiger partial charge is 0.480 e. The second-order valence-corrected chi connectivity index (χ2v) is 5.81. The van der Waals surface area contributed by atoms with Gasteiger partial charge in [0.2, 0.25) is 0 Å². The van der Waals surface area contributed by atoms with Crippen molar-refractivity contribution in [1.82, 2.24) is 4.90 Å². The zero-order valence-electron chi connectivity index (χ0n) is 12.2. The van der Waals surface area contributed by atoms with E-state index in [0.717, 1.165) is 38.8 Å². The van der Waals surface area contributed by atoms with Gasteiger partial charge in [-0.25, -0.2) is 0 Å². The highest BCUT2D eigenvalue weighted by atomic mass is 16.4. The Bertz CT molecular complexity index is 633. The Morgan fingerprint density at radius 1 is 1.10 bits per heavy atom. The van der Waals surface area contributed by atoms with Gasteiger partial charge in [-0.05, 0) is 35.7 Å². The Morgan fingerprint density at radius 3 is 2.76 bits per heavy atom. The molecular formula is C18H21NO2. The van der Waals surface area contributed by atoms with Gasteiger partial charge in [0.25, 0.3) is 0 Å². The van der Waals surface area contributed by atoms with Crippen LogP contribution in [0.4, 0.5) is 0 Å². The van der Waals surface area contributed by atoms with Gasteiger partial charge >= 0.3 is 5.97 Å². The van der Waals surface area contributed by atoms with Crippen molar-refractivity contribution in [3.8, 4) is 0 Å². The first-order valence-corrected chi connectivity index (χ1v) is 7.69. The van der Waals surface area contributed by atoms with Crippen LogP contribution in [0.5, 0.6) is 0 Å². The molecule has 1 heterocycles. The van der Waals surface area contributed by atoms with Gasteiger partial charge in [0.05, 0.1) is 0 Å². The number of hydrogen-bond donors (Lipinski definition) is 1. The number of benzene rings is 2. The Hall–Kier alpha value is -1.87. The second kappa shape index (κ2) is 6.27. The lowest BCUT2D eigenvalue weighted by molar-refractivity contribution is -0.143. The zero-order chi connectivity index (χ0) is 14.7. The zero-order valence-corrected chi connectivity index (χ0v) is 12.2. The van der Waals surface area contributed by atoms with E-state index in [4.69, 9.17) is 0 Å². The van der Waals surface area contributed by atoms with Crippen LogP contribution in [-0.4, -0.2) is 28.6 Å². The van der Waals surface area contributed by atoms with Gasteiger partial charge in [-0.15, -0.1) is 0 Å². The number of carbonyl (C=O) groups is 1. The van der Waals surface area contributed by atoms with Crippen LogP contribution in [0.3, 0.4) is 0 Å². The molecule has 110 valence electrons. The van der Waals surface area contributed by atoms with E-state index < -0.39 is 5.97 Å². The van der Waals surface area contributed by atoms with Crippen molar-refractivity contribution < 1.29 is 9.90 Å². The summed E-state index contributed by atoms with van der Waals surface area (Å²) in [6.45, 7) is 1.60. The molecule has 1 atom stereocenters. The standard InChI is InChI=1S/C18H21NO2/c20-18(21)17-11-2-1-5-12-19(17)13-15-9-6-8-14-7-3-4-10-16(14)15/h3-4,6-10,17H,1-2,5,11-13H2,(H,20,21). The third kappa shape index (κ3) is 3.08. The molecule has 3 heteroatoms. The van der Waals surface area contributed by atoms with E-state index in [9.17, 15) is 9.90 Å². The van der Waals surface area contributed by atoms with Gasteiger partial charge in [-0.3, -0.25) is 9.69 Å². The molecule has 0 bridgehead atoms. The fraction of sp³-hybridized carbons (Fsp3) is 0.389. The summed E-state index contributed by atoms with van der Waals surface area (Å²) in [4.78, 5) is 13.7. The first kappa shape index (κ1) is 14.1. The number of likely N-dealkylation sites (tertiary alicyclic amines) is 1. The number of hydrogen-bond acceptors (Lipinski definition) is 2. The van der Waals surface area contributed by atoms with E-state index in [2.05, 4.69) is 35.2 Å². The Morgan fingerprint density at radius 2 is 1.90 bits per heavy atom. The van der Waals surface area contributed by atoms with Crippen molar-refractivity contribution in [2.45, 2.75) is 38.3 Å². The van der Waals surface area contributed by atoms with Crippen molar-refractivity contribution in [2.24, 2.45) is 0 Å². The van der Waals surface area contributed by atoms with Crippen molar-refractivity contribution in [3.63, 3.8) is 0 Å². The van der Waals surface area contributed by atoms with Gasteiger partial charge in [0, 0.05) is 6.54 Å². The molecule has 0 aromatic heterocycles. The number of aliphatic carboxylic acids is 1. The van der Waals surface area contributed by atoms with Crippen LogP contribution in [-0.2, 0) is 11.3 Å². The molecule has 1 N–H and O–H groups in total. The minimum Gasteiger partial charge on any atom is -0.480 e. The molecule has 0 aliphatic carbocycles. The lowest BCUT2D eigenvalue weighted by Crippen LogP contribution is -2.40. The molecule has 2 aromatic rings. The van der Waals surface area contributed by atoms with Gasteiger partial charge in [-0.2, -0.15) is 0 Å². The number of nitrogens with zero attached hydrogens (tertiary/aromatic N) is 1. The Kier molecular flexibility index (Phi) is 4.20. The molecule has 1 unspecified atom stereocenters. The SMILES string of the molecule is O=C(O)C1CCCCCN1Cc1cccc2ccccc12. The van der Waals surface area contributed by atoms with Crippen molar-refractivity contribution in [3.05, 3.63) is 48.0 Å². The smallest absolute Gasteiger partial charge is 0.320 e. The minimum atomic E-state index is -0.683. The van der Waals surface area contributed by atoms with Gasteiger partial charge in [0.1, 0.15) is 6.04 Å². The average Bonchev–Trinajstić information content (AvgIpc) is 2.73. The Labute approximate surface area is 125 Å². The molecule has 2 aromatic carbocycles. The van der Waals surface area contributed by atoms with Gasteiger partial charge < -0.3 is 5.11 Å². The summed E-state index contributed by atoms with van der Waals surface area (Å²) in [5.41, 5.74) is 1.22. The van der Waals surface area contributed by atoms with Crippen LogP contribution >= 0.6 is 0 Å². The topological polar surface area (TPSA) is 40.5 Å². The summed E-state index contributed by atoms with van der Waals surface area (Å²) in [6.07, 6.45) is 4.01. The van der Waals surface area contributed by atoms with Gasteiger partial charge in [0.15, 0.2) is 0 Å². The van der Waals surface area contributed by atoms with Crippen LogP contribution in [0.25, 0.3) is 10.8 Å². The predicted octanol–water partition coefficient (Wildman–Crippen LogP) is 3.67. The molecule has 3 rings (SSSR count). The average molecular weight is 283 g/mol. The summed E-state index contributed by atoms with van der Waals surface area (Å²) in [6, 6.07) is 14.3. The van der Waals surface area contributed by atoms with E-state index in [0.29, 0.717) is 0 Å². The molecule has 1 aliphatic heterocycles. The van der Waals surface area contributed by atoms with Crippen molar-refractivity contribution in [2.75, 3.05) is 6.54 Å². The van der Waals surface area contributed by atoms with Crippen molar-refractivity contribution >= 4 is 16.7 Å². The highest BCUT2D eigenvalue weighted by Gasteiger charge is 2.27. The molecule has 0 spiro atoms. The summed E-state index contributed by atoms with van der Waals surface area (Å²) < 4.78 is 0. The van der Waals surface area contributed by atoms with Crippen LogP contribution < -0.4 is 0 Å². The van der Waals surface area contributed by atoms with Crippen LogP contribution in [0.2, 0.25) is 0 Å². The van der Waals surface area contributed by atoms with E-state index in [1.807, 2.05) is 12.1 Å². The molecular weight excluding hydrogens is 262 g/mol. The highest BCUT2D eigenvalue weighted by Crippen LogP contribution is 2.24. The third-order valence-corrected chi connectivity index (χ3v) is 4.40. The second-order valence-electron chi connectivity index (χ2n) is 5.81. The first-order valence-electron chi connectivity index (χ1n) is 7.69. The maximum absolute atomic E-state index is 11.5. The van der Waals surface area contributed by atoms with Gasteiger partial charge in [-0.1, -0.05) is 55.3 Å². The molecule has 1 saturated heterocycles. The van der Waals surface area contributed by atoms with E-state index in [1.165, 1.54) is 16.3 Å².